The number of aliphatic hydroxyl groups is 1. The van der Waals surface area contributed by atoms with E-state index in [-0.39, 0.29) is 18.6 Å². The van der Waals surface area contributed by atoms with Crippen molar-refractivity contribution in [3.8, 4) is 0 Å². The Morgan fingerprint density at radius 1 is 1.71 bits per heavy atom. The van der Waals surface area contributed by atoms with Gasteiger partial charge in [0.2, 0.25) is 5.91 Å². The SMILES string of the molecule is CNCC(=O)N1Cc2cc(CO)nn2CC1C. The summed E-state index contributed by atoms with van der Waals surface area (Å²) < 4.78 is 1.87. The Morgan fingerprint density at radius 2 is 2.47 bits per heavy atom. The monoisotopic (exact) mass is 238 g/mol. The molecule has 1 aliphatic heterocycles. The van der Waals surface area contributed by atoms with Crippen molar-refractivity contribution in [3.63, 3.8) is 0 Å². The van der Waals surface area contributed by atoms with Crippen LogP contribution in [0.1, 0.15) is 18.3 Å². The molecule has 94 valence electrons. The molecule has 1 unspecified atom stereocenters. The van der Waals surface area contributed by atoms with Crippen LogP contribution in [0, 0.1) is 0 Å². The molecule has 0 spiro atoms. The molecule has 2 rings (SSSR count). The first-order chi connectivity index (χ1) is 8.15. The minimum Gasteiger partial charge on any atom is -0.390 e. The second-order valence-corrected chi connectivity index (χ2v) is 4.37. The molecule has 2 heterocycles. The van der Waals surface area contributed by atoms with E-state index in [1.165, 1.54) is 0 Å². The highest BCUT2D eigenvalue weighted by molar-refractivity contribution is 5.78. The number of nitrogens with one attached hydrogen (secondary N) is 1. The van der Waals surface area contributed by atoms with Gasteiger partial charge in [-0.2, -0.15) is 5.10 Å². The average Bonchev–Trinajstić information content (AvgIpc) is 2.70. The number of hydrogen-bond acceptors (Lipinski definition) is 4. The summed E-state index contributed by atoms with van der Waals surface area (Å²) >= 11 is 0. The number of carbonyl (C=O) groups excluding carboxylic acids is 1. The van der Waals surface area contributed by atoms with Gasteiger partial charge in [0.05, 0.1) is 37.6 Å². The molecule has 0 radical (unpaired) electrons. The molecule has 2 N–H and O–H groups in total. The van der Waals surface area contributed by atoms with Crippen LogP contribution < -0.4 is 5.32 Å². The Kier molecular flexibility index (Phi) is 3.44. The molecule has 0 aromatic carbocycles. The third-order valence-electron chi connectivity index (χ3n) is 3.03. The van der Waals surface area contributed by atoms with Gasteiger partial charge in [-0.3, -0.25) is 9.48 Å². The maximum absolute atomic E-state index is 11.9. The number of rotatable bonds is 3. The Morgan fingerprint density at radius 3 is 3.12 bits per heavy atom. The molecular formula is C11H18N4O2. The second kappa shape index (κ2) is 4.85. The lowest BCUT2D eigenvalue weighted by Crippen LogP contribution is -2.47. The molecule has 1 aromatic rings. The van der Waals surface area contributed by atoms with E-state index in [4.69, 9.17) is 5.11 Å². The average molecular weight is 238 g/mol. The number of carbonyl (C=O) groups is 1. The summed E-state index contributed by atoms with van der Waals surface area (Å²) in [4.78, 5) is 13.7. The third-order valence-corrected chi connectivity index (χ3v) is 3.03. The van der Waals surface area contributed by atoms with Crippen molar-refractivity contribution in [1.29, 1.82) is 0 Å². The zero-order chi connectivity index (χ0) is 12.4. The molecule has 1 amide bonds. The zero-order valence-corrected chi connectivity index (χ0v) is 10.2. The van der Waals surface area contributed by atoms with Gasteiger partial charge in [-0.1, -0.05) is 0 Å². The Bertz CT molecular complexity index is 416. The number of fused-ring (bicyclic) bond motifs is 1. The van der Waals surface area contributed by atoms with E-state index >= 15 is 0 Å². The summed E-state index contributed by atoms with van der Waals surface area (Å²) in [6, 6.07) is 1.99. The first-order valence-corrected chi connectivity index (χ1v) is 5.76. The molecule has 1 aliphatic rings. The fourth-order valence-corrected chi connectivity index (χ4v) is 2.14. The summed E-state index contributed by atoms with van der Waals surface area (Å²) in [7, 11) is 1.76. The van der Waals surface area contributed by atoms with Crippen LogP contribution in [0.2, 0.25) is 0 Å². The number of amides is 1. The van der Waals surface area contributed by atoms with Crippen molar-refractivity contribution in [2.75, 3.05) is 13.6 Å². The normalized spacial score (nSPS) is 19.2. The van der Waals surface area contributed by atoms with Gasteiger partial charge >= 0.3 is 0 Å². The lowest BCUT2D eigenvalue weighted by Gasteiger charge is -2.33. The molecule has 0 bridgehead atoms. The van der Waals surface area contributed by atoms with Gasteiger partial charge < -0.3 is 15.3 Å². The lowest BCUT2D eigenvalue weighted by molar-refractivity contribution is -0.134. The minimum absolute atomic E-state index is 0.0567. The number of hydrogen-bond donors (Lipinski definition) is 2. The zero-order valence-electron chi connectivity index (χ0n) is 10.2. The van der Waals surface area contributed by atoms with Crippen LogP contribution in [0.15, 0.2) is 6.07 Å². The predicted molar refractivity (Wildman–Crippen MR) is 62.1 cm³/mol. The maximum Gasteiger partial charge on any atom is 0.237 e. The van der Waals surface area contributed by atoms with Gasteiger partial charge in [0.25, 0.3) is 0 Å². The number of likely N-dealkylation sites (N-methyl/N-ethyl adjacent to an activating group) is 1. The number of aromatic nitrogens is 2. The molecule has 1 atom stereocenters. The molecule has 0 saturated heterocycles. The third kappa shape index (κ3) is 2.32. The molecule has 0 fully saturated rings. The Labute approximate surface area is 100 Å². The van der Waals surface area contributed by atoms with E-state index in [1.807, 2.05) is 22.6 Å². The van der Waals surface area contributed by atoms with Gasteiger partial charge in [0, 0.05) is 6.04 Å². The van der Waals surface area contributed by atoms with Crippen molar-refractivity contribution in [1.82, 2.24) is 20.0 Å². The van der Waals surface area contributed by atoms with E-state index in [2.05, 4.69) is 10.4 Å². The fraction of sp³-hybridized carbons (Fsp3) is 0.636. The first kappa shape index (κ1) is 12.1. The van der Waals surface area contributed by atoms with Crippen molar-refractivity contribution in [2.45, 2.75) is 32.7 Å². The maximum atomic E-state index is 11.9. The van der Waals surface area contributed by atoms with Crippen LogP contribution in [-0.2, 0) is 24.5 Å². The van der Waals surface area contributed by atoms with Crippen LogP contribution in [0.5, 0.6) is 0 Å². The summed E-state index contributed by atoms with van der Waals surface area (Å²) in [6.45, 7) is 3.56. The van der Waals surface area contributed by atoms with Crippen molar-refractivity contribution >= 4 is 5.91 Å². The van der Waals surface area contributed by atoms with Gasteiger partial charge in [0.15, 0.2) is 0 Å². The summed E-state index contributed by atoms with van der Waals surface area (Å²) in [5.41, 5.74) is 1.65. The molecule has 6 heteroatoms. The highest BCUT2D eigenvalue weighted by Crippen LogP contribution is 2.18. The first-order valence-electron chi connectivity index (χ1n) is 5.76. The van der Waals surface area contributed by atoms with Crippen LogP contribution in [0.4, 0.5) is 0 Å². The summed E-state index contributed by atoms with van der Waals surface area (Å²) in [5, 5.41) is 16.2. The molecule has 1 aromatic heterocycles. The predicted octanol–water partition coefficient (Wildman–Crippen LogP) is -0.674. The van der Waals surface area contributed by atoms with Crippen molar-refractivity contribution in [2.24, 2.45) is 0 Å². The van der Waals surface area contributed by atoms with Crippen molar-refractivity contribution < 1.29 is 9.90 Å². The van der Waals surface area contributed by atoms with Crippen LogP contribution in [0.25, 0.3) is 0 Å². The van der Waals surface area contributed by atoms with Gasteiger partial charge in [-0.25, -0.2) is 0 Å². The standard InChI is InChI=1S/C11H18N4O2/c1-8-5-15-10(3-9(7-16)13-15)6-14(8)11(17)4-12-2/h3,8,12,16H,4-7H2,1-2H3. The Hall–Kier alpha value is -1.40. The van der Waals surface area contributed by atoms with E-state index < -0.39 is 0 Å². The molecule has 0 aliphatic carbocycles. The largest absolute Gasteiger partial charge is 0.390 e. The number of nitrogens with zero attached hydrogens (tertiary/aromatic N) is 3. The van der Waals surface area contributed by atoms with E-state index in [9.17, 15) is 4.79 Å². The molecule has 0 saturated carbocycles. The van der Waals surface area contributed by atoms with E-state index in [1.54, 1.807) is 7.05 Å². The van der Waals surface area contributed by atoms with Gasteiger partial charge in [-0.05, 0) is 20.0 Å². The lowest BCUT2D eigenvalue weighted by atomic mass is 10.2. The second-order valence-electron chi connectivity index (χ2n) is 4.37. The highest BCUT2D eigenvalue weighted by atomic mass is 16.3. The number of aliphatic hydroxyl groups excluding tert-OH is 1. The van der Waals surface area contributed by atoms with Gasteiger partial charge in [0.1, 0.15) is 0 Å². The molecule has 6 nitrogen and oxygen atoms in total. The summed E-state index contributed by atoms with van der Waals surface area (Å²) in [5.74, 6) is 0.0954. The van der Waals surface area contributed by atoms with Crippen LogP contribution in [-0.4, -0.2) is 45.3 Å². The smallest absolute Gasteiger partial charge is 0.237 e. The fourth-order valence-electron chi connectivity index (χ4n) is 2.14. The van der Waals surface area contributed by atoms with Crippen molar-refractivity contribution in [3.05, 3.63) is 17.5 Å². The van der Waals surface area contributed by atoms with Gasteiger partial charge in [-0.15, -0.1) is 0 Å². The minimum atomic E-state index is -0.0567. The van der Waals surface area contributed by atoms with E-state index in [0.29, 0.717) is 25.3 Å². The molecular weight excluding hydrogens is 220 g/mol. The highest BCUT2D eigenvalue weighted by Gasteiger charge is 2.27. The topological polar surface area (TPSA) is 70.4 Å². The van der Waals surface area contributed by atoms with Crippen LogP contribution in [0.3, 0.4) is 0 Å². The van der Waals surface area contributed by atoms with E-state index in [0.717, 1.165) is 5.69 Å². The Balaban J connectivity index is 2.17. The van der Waals surface area contributed by atoms with Crippen LogP contribution >= 0.6 is 0 Å². The quantitative estimate of drug-likeness (QED) is 0.732. The molecule has 17 heavy (non-hydrogen) atoms. The summed E-state index contributed by atoms with van der Waals surface area (Å²) in [6.07, 6.45) is 0.